The number of ether oxygens (including phenoxy) is 1. The van der Waals surface area contributed by atoms with Crippen LogP contribution in [0.3, 0.4) is 0 Å². The molecule has 5 heteroatoms. The van der Waals surface area contributed by atoms with E-state index in [1.54, 1.807) is 24.3 Å². The van der Waals surface area contributed by atoms with Crippen molar-refractivity contribution in [1.82, 2.24) is 4.90 Å². The van der Waals surface area contributed by atoms with Crippen LogP contribution in [-0.4, -0.2) is 60.5 Å². The molecule has 2 N–H and O–H groups in total. The van der Waals surface area contributed by atoms with Crippen LogP contribution >= 0.6 is 0 Å². The molecule has 0 bridgehead atoms. The van der Waals surface area contributed by atoms with Gasteiger partial charge >= 0.3 is 0 Å². The highest BCUT2D eigenvalue weighted by Crippen LogP contribution is 2.21. The van der Waals surface area contributed by atoms with Gasteiger partial charge in [-0.3, -0.25) is 4.90 Å². The van der Waals surface area contributed by atoms with E-state index in [4.69, 9.17) is 4.74 Å². The Morgan fingerprint density at radius 1 is 0.926 bits per heavy atom. The standard InChI is InChI=1S/C22H30N2O3/c1-17(2)18-3-5-19(6-4-18)24-13-11-23(12-14-24)15-21(26)16-27-22-9-7-20(25)8-10-22/h3-10,17,21,25-26H,11-16H2,1-2H3/t21-/m1/s1. The molecular weight excluding hydrogens is 340 g/mol. The van der Waals surface area contributed by atoms with Crippen LogP contribution in [0.4, 0.5) is 5.69 Å². The van der Waals surface area contributed by atoms with E-state index in [9.17, 15) is 10.2 Å². The van der Waals surface area contributed by atoms with Crippen molar-refractivity contribution in [2.75, 3.05) is 44.2 Å². The predicted octanol–water partition coefficient (Wildman–Crippen LogP) is 3.08. The molecule has 1 aliphatic rings. The lowest BCUT2D eigenvalue weighted by molar-refractivity contribution is 0.0663. The third-order valence-electron chi connectivity index (χ3n) is 5.05. The van der Waals surface area contributed by atoms with Gasteiger partial charge in [0.25, 0.3) is 0 Å². The van der Waals surface area contributed by atoms with Crippen LogP contribution in [0.2, 0.25) is 0 Å². The van der Waals surface area contributed by atoms with E-state index in [0.717, 1.165) is 26.2 Å². The van der Waals surface area contributed by atoms with Gasteiger partial charge in [0.1, 0.15) is 24.2 Å². The van der Waals surface area contributed by atoms with Crippen LogP contribution in [0.15, 0.2) is 48.5 Å². The number of anilines is 1. The maximum atomic E-state index is 10.3. The van der Waals surface area contributed by atoms with Crippen molar-refractivity contribution >= 4 is 5.69 Å². The molecule has 3 rings (SSSR count). The van der Waals surface area contributed by atoms with E-state index in [2.05, 4.69) is 47.9 Å². The van der Waals surface area contributed by atoms with Gasteiger partial charge in [0.2, 0.25) is 0 Å². The number of piperazine rings is 1. The van der Waals surface area contributed by atoms with E-state index >= 15 is 0 Å². The lowest BCUT2D eigenvalue weighted by Crippen LogP contribution is -2.49. The average molecular weight is 370 g/mol. The summed E-state index contributed by atoms with van der Waals surface area (Å²) in [7, 11) is 0. The molecule has 0 aliphatic carbocycles. The number of rotatable bonds is 7. The van der Waals surface area contributed by atoms with E-state index in [1.165, 1.54) is 11.3 Å². The summed E-state index contributed by atoms with van der Waals surface area (Å²) in [6.07, 6.45) is -0.532. The summed E-state index contributed by atoms with van der Waals surface area (Å²) in [5.74, 6) is 1.42. The first kappa shape index (κ1) is 19.5. The van der Waals surface area contributed by atoms with Gasteiger partial charge in [-0.05, 0) is 47.9 Å². The number of aliphatic hydroxyl groups is 1. The summed E-state index contributed by atoms with van der Waals surface area (Å²) in [6, 6.07) is 15.4. The minimum Gasteiger partial charge on any atom is -0.508 e. The molecule has 0 spiro atoms. The van der Waals surface area contributed by atoms with Crippen LogP contribution in [0.1, 0.15) is 25.3 Å². The summed E-state index contributed by atoms with van der Waals surface area (Å²) >= 11 is 0. The second kappa shape index (κ2) is 9.11. The van der Waals surface area contributed by atoms with Crippen molar-refractivity contribution in [3.05, 3.63) is 54.1 Å². The normalized spacial score (nSPS) is 16.5. The van der Waals surface area contributed by atoms with Crippen molar-refractivity contribution in [3.63, 3.8) is 0 Å². The first-order chi connectivity index (χ1) is 13.0. The molecule has 146 valence electrons. The Balaban J connectivity index is 1.41. The number of phenols is 1. The van der Waals surface area contributed by atoms with Gasteiger partial charge in [-0.1, -0.05) is 26.0 Å². The van der Waals surface area contributed by atoms with Gasteiger partial charge in [0, 0.05) is 38.4 Å². The lowest BCUT2D eigenvalue weighted by Gasteiger charge is -2.37. The van der Waals surface area contributed by atoms with Crippen molar-refractivity contribution in [1.29, 1.82) is 0 Å². The fraction of sp³-hybridized carbons (Fsp3) is 0.455. The third kappa shape index (κ3) is 5.62. The molecule has 5 nitrogen and oxygen atoms in total. The molecular formula is C22H30N2O3. The zero-order valence-corrected chi connectivity index (χ0v) is 16.2. The maximum Gasteiger partial charge on any atom is 0.119 e. The summed E-state index contributed by atoms with van der Waals surface area (Å²) in [5.41, 5.74) is 2.64. The summed E-state index contributed by atoms with van der Waals surface area (Å²) in [4.78, 5) is 4.68. The number of β-amino-alcohol motifs (C(OH)–C–C–N with tert-alkyl or cyclic N) is 1. The molecule has 1 fully saturated rings. The quantitative estimate of drug-likeness (QED) is 0.784. The van der Waals surface area contributed by atoms with Gasteiger partial charge in [-0.15, -0.1) is 0 Å². The Morgan fingerprint density at radius 2 is 1.56 bits per heavy atom. The number of nitrogens with zero attached hydrogens (tertiary/aromatic N) is 2. The van der Waals surface area contributed by atoms with Crippen LogP contribution in [0.25, 0.3) is 0 Å². The molecule has 0 radical (unpaired) electrons. The first-order valence-electron chi connectivity index (χ1n) is 9.68. The zero-order chi connectivity index (χ0) is 19.2. The molecule has 0 unspecified atom stereocenters. The van der Waals surface area contributed by atoms with Crippen LogP contribution in [0.5, 0.6) is 11.5 Å². The number of benzene rings is 2. The highest BCUT2D eigenvalue weighted by Gasteiger charge is 2.20. The first-order valence-corrected chi connectivity index (χ1v) is 9.68. The van der Waals surface area contributed by atoms with E-state index in [-0.39, 0.29) is 12.4 Å². The number of phenolic OH excluding ortho intramolecular Hbond substituents is 1. The van der Waals surface area contributed by atoms with Gasteiger partial charge in [-0.25, -0.2) is 0 Å². The number of hydrogen-bond donors (Lipinski definition) is 2. The Morgan fingerprint density at radius 3 is 2.15 bits per heavy atom. The van der Waals surface area contributed by atoms with Crippen LogP contribution in [-0.2, 0) is 0 Å². The van der Waals surface area contributed by atoms with Gasteiger partial charge < -0.3 is 19.8 Å². The van der Waals surface area contributed by atoms with E-state index in [1.807, 2.05) is 0 Å². The average Bonchev–Trinajstić information content (AvgIpc) is 2.68. The Bertz CT molecular complexity index is 693. The maximum absolute atomic E-state index is 10.3. The molecule has 27 heavy (non-hydrogen) atoms. The molecule has 1 atom stereocenters. The van der Waals surface area contributed by atoms with Crippen molar-refractivity contribution in [2.45, 2.75) is 25.9 Å². The molecule has 0 saturated carbocycles. The predicted molar refractivity (Wildman–Crippen MR) is 109 cm³/mol. The molecule has 2 aromatic rings. The monoisotopic (exact) mass is 370 g/mol. The fourth-order valence-corrected chi connectivity index (χ4v) is 3.34. The molecule has 1 saturated heterocycles. The molecule has 1 heterocycles. The van der Waals surface area contributed by atoms with Crippen molar-refractivity contribution in [3.8, 4) is 11.5 Å². The molecule has 0 aromatic heterocycles. The number of aliphatic hydroxyl groups excluding tert-OH is 1. The molecule has 0 amide bonds. The SMILES string of the molecule is CC(C)c1ccc(N2CCN(C[C@@H](O)COc3ccc(O)cc3)CC2)cc1. The van der Waals surface area contributed by atoms with Crippen molar-refractivity contribution in [2.24, 2.45) is 0 Å². The van der Waals surface area contributed by atoms with E-state index < -0.39 is 6.10 Å². The summed E-state index contributed by atoms with van der Waals surface area (Å²) in [5, 5.41) is 19.5. The third-order valence-corrected chi connectivity index (χ3v) is 5.05. The topological polar surface area (TPSA) is 56.2 Å². The minimum atomic E-state index is -0.532. The number of aromatic hydroxyl groups is 1. The Labute approximate surface area is 161 Å². The van der Waals surface area contributed by atoms with Gasteiger partial charge in [0.15, 0.2) is 0 Å². The molecule has 1 aliphatic heterocycles. The largest absolute Gasteiger partial charge is 0.508 e. The second-order valence-electron chi connectivity index (χ2n) is 7.49. The zero-order valence-electron chi connectivity index (χ0n) is 16.2. The smallest absolute Gasteiger partial charge is 0.119 e. The summed E-state index contributed by atoms with van der Waals surface area (Å²) in [6.45, 7) is 9.08. The second-order valence-corrected chi connectivity index (χ2v) is 7.49. The van der Waals surface area contributed by atoms with Crippen molar-refractivity contribution < 1.29 is 14.9 Å². The fourth-order valence-electron chi connectivity index (χ4n) is 3.34. The Kier molecular flexibility index (Phi) is 6.58. The summed E-state index contributed by atoms with van der Waals surface area (Å²) < 4.78 is 5.59. The minimum absolute atomic E-state index is 0.208. The van der Waals surface area contributed by atoms with Crippen LogP contribution in [0, 0.1) is 0 Å². The highest BCUT2D eigenvalue weighted by molar-refractivity contribution is 5.48. The van der Waals surface area contributed by atoms with E-state index in [0.29, 0.717) is 18.2 Å². The number of hydrogen-bond acceptors (Lipinski definition) is 5. The van der Waals surface area contributed by atoms with Gasteiger partial charge in [0.05, 0.1) is 0 Å². The van der Waals surface area contributed by atoms with Crippen LogP contribution < -0.4 is 9.64 Å². The highest BCUT2D eigenvalue weighted by atomic mass is 16.5. The Hall–Kier alpha value is -2.24. The molecule has 2 aromatic carbocycles. The lowest BCUT2D eigenvalue weighted by atomic mass is 10.0. The van der Waals surface area contributed by atoms with Gasteiger partial charge in [-0.2, -0.15) is 0 Å².